The van der Waals surface area contributed by atoms with Gasteiger partial charge in [-0.05, 0) is 61.7 Å². The second kappa shape index (κ2) is 7.39. The Morgan fingerprint density at radius 3 is 2.52 bits per heavy atom. The molecule has 0 spiro atoms. The van der Waals surface area contributed by atoms with Crippen LogP contribution < -0.4 is 10.1 Å². The van der Waals surface area contributed by atoms with Crippen molar-refractivity contribution >= 4 is 22.0 Å². The molecule has 1 aliphatic rings. The van der Waals surface area contributed by atoms with Gasteiger partial charge < -0.3 is 14.8 Å². The molecule has 5 nitrogen and oxygen atoms in total. The summed E-state index contributed by atoms with van der Waals surface area (Å²) in [6, 6.07) is 2.03. The highest BCUT2D eigenvalue weighted by molar-refractivity contribution is 9.10. The summed E-state index contributed by atoms with van der Waals surface area (Å²) in [5, 5.41) is 2.78. The molecule has 25 heavy (non-hydrogen) atoms. The fourth-order valence-corrected chi connectivity index (χ4v) is 2.92. The number of hydrogen-bond acceptors (Lipinski definition) is 4. The maximum Gasteiger partial charge on any atom is 0.433 e. The third kappa shape index (κ3) is 6.05. The van der Waals surface area contributed by atoms with Crippen molar-refractivity contribution in [1.29, 1.82) is 0 Å². The molecule has 1 aromatic rings. The highest BCUT2D eigenvalue weighted by atomic mass is 79.9. The van der Waals surface area contributed by atoms with Gasteiger partial charge in [-0.25, -0.2) is 9.78 Å². The minimum atomic E-state index is -4.50. The molecular weight excluding hydrogens is 405 g/mol. The van der Waals surface area contributed by atoms with Crippen LogP contribution in [-0.2, 0) is 10.9 Å². The molecule has 0 saturated heterocycles. The number of alkyl halides is 3. The molecule has 140 valence electrons. The Labute approximate surface area is 152 Å². The van der Waals surface area contributed by atoms with Gasteiger partial charge in [0.05, 0.1) is 0 Å². The van der Waals surface area contributed by atoms with E-state index in [9.17, 15) is 18.0 Å². The number of nitrogens with one attached hydrogen (secondary N) is 1. The number of carbonyl (C=O) groups excluding carboxylic acids is 1. The molecule has 1 aliphatic carbocycles. The van der Waals surface area contributed by atoms with Crippen molar-refractivity contribution in [3.05, 3.63) is 22.4 Å². The quantitative estimate of drug-likeness (QED) is 0.715. The van der Waals surface area contributed by atoms with Gasteiger partial charge in [0.2, 0.25) is 0 Å². The van der Waals surface area contributed by atoms with Crippen LogP contribution in [0.4, 0.5) is 18.0 Å². The number of alkyl carbamates (subject to hydrolysis) is 1. The Hall–Kier alpha value is -1.51. The minimum absolute atomic E-state index is 0.00544. The van der Waals surface area contributed by atoms with Gasteiger partial charge in [0.1, 0.15) is 22.0 Å². The predicted molar refractivity (Wildman–Crippen MR) is 88.4 cm³/mol. The highest BCUT2D eigenvalue weighted by Gasteiger charge is 2.34. The summed E-state index contributed by atoms with van der Waals surface area (Å²) >= 11 is 3.01. The summed E-state index contributed by atoms with van der Waals surface area (Å²) in [6.45, 7) is 5.34. The van der Waals surface area contributed by atoms with Gasteiger partial charge in [-0.15, -0.1) is 0 Å². The van der Waals surface area contributed by atoms with Crippen molar-refractivity contribution in [2.75, 3.05) is 0 Å². The average Bonchev–Trinajstić information content (AvgIpc) is 2.84. The molecule has 2 rings (SSSR count). The molecule has 0 bridgehead atoms. The second-order valence-electron chi connectivity index (χ2n) is 6.88. The lowest BCUT2D eigenvalue weighted by Crippen LogP contribution is -2.38. The Bertz CT molecular complexity index is 632. The van der Waals surface area contributed by atoms with Crippen LogP contribution in [-0.4, -0.2) is 28.8 Å². The lowest BCUT2D eigenvalue weighted by atomic mass is 10.2. The van der Waals surface area contributed by atoms with Crippen molar-refractivity contribution in [3.8, 4) is 5.75 Å². The molecule has 9 heteroatoms. The van der Waals surface area contributed by atoms with Gasteiger partial charge in [-0.3, -0.25) is 0 Å². The van der Waals surface area contributed by atoms with Crippen molar-refractivity contribution in [2.24, 2.45) is 0 Å². The van der Waals surface area contributed by atoms with Crippen LogP contribution in [0.5, 0.6) is 5.75 Å². The smallest absolute Gasteiger partial charge is 0.433 e. The first-order chi connectivity index (χ1) is 11.4. The molecular formula is C16H20BrF3N2O3. The molecule has 1 amide bonds. The minimum Gasteiger partial charge on any atom is -0.488 e. The van der Waals surface area contributed by atoms with Gasteiger partial charge in [-0.1, -0.05) is 0 Å². The van der Waals surface area contributed by atoms with Crippen LogP contribution >= 0.6 is 15.9 Å². The zero-order chi connectivity index (χ0) is 18.8. The summed E-state index contributed by atoms with van der Waals surface area (Å²) in [5.74, 6) is 0.246. The SMILES string of the molecule is CC(C)(C)OC(=O)N[C@H]1CC[C@@H](Oc2ccc(C(F)(F)F)nc2Br)C1. The van der Waals surface area contributed by atoms with E-state index >= 15 is 0 Å². The van der Waals surface area contributed by atoms with Crippen molar-refractivity contribution < 1.29 is 27.4 Å². The summed E-state index contributed by atoms with van der Waals surface area (Å²) in [6.07, 6.45) is -3.28. The fourth-order valence-electron chi connectivity index (χ4n) is 2.50. The molecule has 0 radical (unpaired) electrons. The van der Waals surface area contributed by atoms with Crippen LogP contribution in [0.1, 0.15) is 45.7 Å². The third-order valence-electron chi connectivity index (χ3n) is 3.50. The number of rotatable bonds is 3. The molecule has 2 atom stereocenters. The Morgan fingerprint density at radius 2 is 1.96 bits per heavy atom. The van der Waals surface area contributed by atoms with E-state index in [0.29, 0.717) is 19.3 Å². The summed E-state index contributed by atoms with van der Waals surface area (Å²) < 4.78 is 48.8. The van der Waals surface area contributed by atoms with Crippen molar-refractivity contribution in [1.82, 2.24) is 10.3 Å². The van der Waals surface area contributed by atoms with Crippen LogP contribution in [0.3, 0.4) is 0 Å². The van der Waals surface area contributed by atoms with E-state index in [-0.39, 0.29) is 22.5 Å². The Balaban J connectivity index is 1.90. The number of halogens is 4. The second-order valence-corrected chi connectivity index (χ2v) is 7.63. The summed E-state index contributed by atoms with van der Waals surface area (Å²) in [7, 11) is 0. The lowest BCUT2D eigenvalue weighted by molar-refractivity contribution is -0.141. The van der Waals surface area contributed by atoms with Gasteiger partial charge in [0.15, 0.2) is 5.75 Å². The maximum atomic E-state index is 12.6. The van der Waals surface area contributed by atoms with Gasteiger partial charge in [0.25, 0.3) is 0 Å². The number of nitrogens with zero attached hydrogens (tertiary/aromatic N) is 1. The molecule has 1 N–H and O–H groups in total. The van der Waals surface area contributed by atoms with Crippen molar-refractivity contribution in [3.63, 3.8) is 0 Å². The van der Waals surface area contributed by atoms with E-state index in [1.807, 2.05) is 0 Å². The average molecular weight is 425 g/mol. The predicted octanol–water partition coefficient (Wildman–Crippen LogP) is 4.69. The molecule has 1 aromatic heterocycles. The fraction of sp³-hybridized carbons (Fsp3) is 0.625. The Kier molecular flexibility index (Phi) is 5.86. The highest BCUT2D eigenvalue weighted by Crippen LogP contribution is 2.34. The molecule has 0 aliphatic heterocycles. The molecule has 1 heterocycles. The topological polar surface area (TPSA) is 60.5 Å². The van der Waals surface area contributed by atoms with E-state index in [2.05, 4.69) is 26.2 Å². The van der Waals surface area contributed by atoms with E-state index < -0.39 is 23.6 Å². The first-order valence-electron chi connectivity index (χ1n) is 7.84. The van der Waals surface area contributed by atoms with Crippen LogP contribution in [0.25, 0.3) is 0 Å². The number of carbonyl (C=O) groups is 1. The van der Waals surface area contributed by atoms with Crippen molar-refractivity contribution in [2.45, 2.75) is 64.0 Å². The largest absolute Gasteiger partial charge is 0.488 e. The monoisotopic (exact) mass is 424 g/mol. The summed E-state index contributed by atoms with van der Waals surface area (Å²) in [5.41, 5.74) is -1.56. The standard InChI is InChI=1S/C16H20BrF3N2O3/c1-15(2,3)25-14(23)21-9-4-5-10(8-9)24-11-6-7-12(16(18,19)20)22-13(11)17/h6-7,9-10H,4-5,8H2,1-3H3,(H,21,23)/t9-,10+/m0/s1. The van der Waals surface area contributed by atoms with E-state index in [1.165, 1.54) is 6.07 Å². The lowest BCUT2D eigenvalue weighted by Gasteiger charge is -2.22. The molecule has 1 saturated carbocycles. The zero-order valence-corrected chi connectivity index (χ0v) is 15.7. The van der Waals surface area contributed by atoms with Crippen LogP contribution in [0.15, 0.2) is 16.7 Å². The number of pyridine rings is 1. The number of hydrogen-bond donors (Lipinski definition) is 1. The van der Waals surface area contributed by atoms with E-state index in [0.717, 1.165) is 6.07 Å². The third-order valence-corrected chi connectivity index (χ3v) is 4.07. The maximum absolute atomic E-state index is 12.6. The first-order valence-corrected chi connectivity index (χ1v) is 8.63. The van der Waals surface area contributed by atoms with E-state index in [4.69, 9.17) is 9.47 Å². The Morgan fingerprint density at radius 1 is 1.28 bits per heavy atom. The molecule has 0 unspecified atom stereocenters. The molecule has 1 fully saturated rings. The van der Waals surface area contributed by atoms with Gasteiger partial charge in [-0.2, -0.15) is 13.2 Å². The van der Waals surface area contributed by atoms with Crippen LogP contribution in [0.2, 0.25) is 0 Å². The first kappa shape index (κ1) is 19.8. The van der Waals surface area contributed by atoms with Gasteiger partial charge in [0, 0.05) is 12.5 Å². The summed E-state index contributed by atoms with van der Waals surface area (Å²) in [4.78, 5) is 15.2. The zero-order valence-electron chi connectivity index (χ0n) is 14.1. The number of aromatic nitrogens is 1. The number of amides is 1. The number of ether oxygens (including phenoxy) is 2. The van der Waals surface area contributed by atoms with Gasteiger partial charge >= 0.3 is 12.3 Å². The molecule has 0 aromatic carbocycles. The van der Waals surface area contributed by atoms with Crippen LogP contribution in [0, 0.1) is 0 Å². The van der Waals surface area contributed by atoms with E-state index in [1.54, 1.807) is 20.8 Å². The normalized spacial score (nSPS) is 21.1.